The Hall–Kier alpha value is -2.48. The van der Waals surface area contributed by atoms with Crippen LogP contribution in [0.25, 0.3) is 0 Å². The van der Waals surface area contributed by atoms with Crippen molar-refractivity contribution in [1.82, 2.24) is 14.8 Å². The van der Waals surface area contributed by atoms with Crippen molar-refractivity contribution in [3.05, 3.63) is 45.5 Å². The van der Waals surface area contributed by atoms with E-state index in [1.165, 1.54) is 23.1 Å². The summed E-state index contributed by atoms with van der Waals surface area (Å²) in [7, 11) is 1.68. The highest BCUT2D eigenvalue weighted by molar-refractivity contribution is 6.32. The molecule has 0 atom stereocenters. The fraction of sp³-hybridized carbons (Fsp3) is 0.100. The molecule has 0 unspecified atom stereocenters. The lowest BCUT2D eigenvalue weighted by atomic mass is 10.2. The van der Waals surface area contributed by atoms with Gasteiger partial charge in [-0.25, -0.2) is 4.98 Å². The van der Waals surface area contributed by atoms with E-state index in [4.69, 9.17) is 11.6 Å². The molecule has 0 spiro atoms. The number of hydrogen-bond donors (Lipinski definition) is 1. The molecule has 98 valence electrons. The average Bonchev–Trinajstić information content (AvgIpc) is 2.73. The maximum atomic E-state index is 12.0. The predicted octanol–water partition coefficient (Wildman–Crippen LogP) is 1.63. The van der Waals surface area contributed by atoms with E-state index in [9.17, 15) is 14.9 Å². The highest BCUT2D eigenvalue weighted by atomic mass is 35.5. The van der Waals surface area contributed by atoms with Crippen LogP contribution in [0.5, 0.6) is 0 Å². The number of aromatic nitrogens is 3. The van der Waals surface area contributed by atoms with Crippen LogP contribution in [0, 0.1) is 10.1 Å². The molecule has 1 amide bonds. The van der Waals surface area contributed by atoms with Gasteiger partial charge in [-0.05, 0) is 6.07 Å². The van der Waals surface area contributed by atoms with Crippen molar-refractivity contribution < 1.29 is 9.72 Å². The molecule has 0 fully saturated rings. The van der Waals surface area contributed by atoms with E-state index < -0.39 is 16.5 Å². The van der Waals surface area contributed by atoms with Crippen LogP contribution in [0.4, 0.5) is 11.4 Å². The lowest BCUT2D eigenvalue weighted by Crippen LogP contribution is -2.14. The Balaban J connectivity index is 2.34. The van der Waals surface area contributed by atoms with Crippen LogP contribution in [-0.4, -0.2) is 25.6 Å². The second-order valence-corrected chi connectivity index (χ2v) is 3.97. The van der Waals surface area contributed by atoms with Gasteiger partial charge in [0.25, 0.3) is 5.91 Å². The van der Waals surface area contributed by atoms with Crippen LogP contribution in [0.15, 0.2) is 24.7 Å². The normalized spacial score (nSPS) is 10.2. The standard InChI is InChI=1S/C10H8ClN5O3/c1-15-5-6(4-13-15)14-10(17)7-2-3-12-9(11)8(7)16(18)19/h2-5H,1H3,(H,14,17). The summed E-state index contributed by atoms with van der Waals surface area (Å²) >= 11 is 5.63. The van der Waals surface area contributed by atoms with Gasteiger partial charge >= 0.3 is 5.69 Å². The van der Waals surface area contributed by atoms with Gasteiger partial charge in [-0.3, -0.25) is 19.6 Å². The number of rotatable bonds is 3. The molecule has 2 rings (SSSR count). The summed E-state index contributed by atoms with van der Waals surface area (Å²) in [5, 5.41) is 16.9. The molecule has 9 heteroatoms. The number of amides is 1. The molecule has 2 aromatic rings. The average molecular weight is 282 g/mol. The molecule has 0 saturated carbocycles. The summed E-state index contributed by atoms with van der Waals surface area (Å²) in [5.74, 6) is -0.649. The number of nitrogens with zero attached hydrogens (tertiary/aromatic N) is 4. The van der Waals surface area contributed by atoms with Gasteiger partial charge in [0.05, 0.1) is 16.8 Å². The number of anilines is 1. The van der Waals surface area contributed by atoms with Crippen molar-refractivity contribution in [2.75, 3.05) is 5.32 Å². The second kappa shape index (κ2) is 5.02. The topological polar surface area (TPSA) is 103 Å². The Morgan fingerprint density at radius 1 is 1.58 bits per heavy atom. The van der Waals surface area contributed by atoms with Crippen LogP contribution in [0.3, 0.4) is 0 Å². The molecular formula is C10H8ClN5O3. The first-order valence-electron chi connectivity index (χ1n) is 5.08. The van der Waals surface area contributed by atoms with Crippen LogP contribution in [0.1, 0.15) is 10.4 Å². The maximum Gasteiger partial charge on any atom is 0.319 e. The summed E-state index contributed by atoms with van der Waals surface area (Å²) in [5.41, 5.74) is -0.255. The number of carbonyl (C=O) groups excluding carboxylic acids is 1. The summed E-state index contributed by atoms with van der Waals surface area (Å²) in [6.45, 7) is 0. The zero-order chi connectivity index (χ0) is 14.0. The first-order chi connectivity index (χ1) is 8.99. The molecule has 19 heavy (non-hydrogen) atoms. The number of nitro groups is 1. The molecule has 0 saturated heterocycles. The van der Waals surface area contributed by atoms with Crippen molar-refractivity contribution in [2.24, 2.45) is 7.05 Å². The molecule has 0 aliphatic heterocycles. The van der Waals surface area contributed by atoms with E-state index in [1.807, 2.05) is 0 Å². The van der Waals surface area contributed by atoms with Crippen molar-refractivity contribution >= 4 is 28.9 Å². The zero-order valence-electron chi connectivity index (χ0n) is 9.70. The lowest BCUT2D eigenvalue weighted by Gasteiger charge is -2.03. The van der Waals surface area contributed by atoms with Crippen molar-refractivity contribution in [2.45, 2.75) is 0 Å². The third-order valence-electron chi connectivity index (χ3n) is 2.27. The molecule has 1 N–H and O–H groups in total. The Bertz CT molecular complexity index is 654. The minimum Gasteiger partial charge on any atom is -0.319 e. The molecular weight excluding hydrogens is 274 g/mol. The third kappa shape index (κ3) is 2.68. The van der Waals surface area contributed by atoms with Crippen molar-refractivity contribution in [3.63, 3.8) is 0 Å². The second-order valence-electron chi connectivity index (χ2n) is 3.61. The molecule has 8 nitrogen and oxygen atoms in total. The van der Waals surface area contributed by atoms with Crippen LogP contribution < -0.4 is 5.32 Å². The Morgan fingerprint density at radius 3 is 2.89 bits per heavy atom. The summed E-state index contributed by atoms with van der Waals surface area (Å²) in [4.78, 5) is 25.7. The molecule has 0 aromatic carbocycles. The third-order valence-corrected chi connectivity index (χ3v) is 2.55. The molecule has 0 aliphatic rings. The smallest absolute Gasteiger partial charge is 0.319 e. The number of aryl methyl sites for hydroxylation is 1. The van der Waals surface area contributed by atoms with E-state index >= 15 is 0 Å². The SMILES string of the molecule is Cn1cc(NC(=O)c2ccnc(Cl)c2[N+](=O)[O-])cn1. The van der Waals surface area contributed by atoms with Gasteiger partial charge in [-0.15, -0.1) is 0 Å². The van der Waals surface area contributed by atoms with Gasteiger partial charge in [-0.1, -0.05) is 11.6 Å². The largest absolute Gasteiger partial charge is 0.319 e. The highest BCUT2D eigenvalue weighted by Gasteiger charge is 2.24. The number of nitrogens with one attached hydrogen (secondary N) is 1. The fourth-order valence-electron chi connectivity index (χ4n) is 1.47. The van der Waals surface area contributed by atoms with Gasteiger partial charge in [0.2, 0.25) is 5.15 Å². The van der Waals surface area contributed by atoms with Gasteiger partial charge in [-0.2, -0.15) is 5.10 Å². The molecule has 0 bridgehead atoms. The van der Waals surface area contributed by atoms with Crippen molar-refractivity contribution in [1.29, 1.82) is 0 Å². The van der Waals surface area contributed by atoms with E-state index in [1.54, 1.807) is 13.2 Å². The fourth-order valence-corrected chi connectivity index (χ4v) is 1.70. The summed E-state index contributed by atoms with van der Waals surface area (Å²) < 4.78 is 1.49. The van der Waals surface area contributed by atoms with Gasteiger partial charge < -0.3 is 5.32 Å². The monoisotopic (exact) mass is 281 g/mol. The number of carbonyl (C=O) groups is 1. The quantitative estimate of drug-likeness (QED) is 0.523. The first-order valence-corrected chi connectivity index (χ1v) is 5.45. The Kier molecular flexibility index (Phi) is 3.43. The number of pyridine rings is 1. The van der Waals surface area contributed by atoms with E-state index in [0.717, 1.165) is 0 Å². The lowest BCUT2D eigenvalue weighted by molar-refractivity contribution is -0.385. The van der Waals surface area contributed by atoms with Crippen LogP contribution in [0.2, 0.25) is 5.15 Å². The molecule has 2 aromatic heterocycles. The highest BCUT2D eigenvalue weighted by Crippen LogP contribution is 2.26. The first kappa shape index (κ1) is 13.0. The Morgan fingerprint density at radius 2 is 2.32 bits per heavy atom. The van der Waals surface area contributed by atoms with Crippen LogP contribution >= 0.6 is 11.6 Å². The zero-order valence-corrected chi connectivity index (χ0v) is 10.5. The summed E-state index contributed by atoms with van der Waals surface area (Å²) in [6, 6.07) is 1.23. The molecule has 2 heterocycles. The molecule has 0 radical (unpaired) electrons. The summed E-state index contributed by atoms with van der Waals surface area (Å²) in [6.07, 6.45) is 4.21. The van der Waals surface area contributed by atoms with Gasteiger partial charge in [0.1, 0.15) is 5.56 Å². The Labute approximate surface area is 112 Å². The number of halogens is 1. The molecule has 0 aliphatic carbocycles. The van der Waals surface area contributed by atoms with E-state index in [2.05, 4.69) is 15.4 Å². The van der Waals surface area contributed by atoms with E-state index in [0.29, 0.717) is 5.69 Å². The van der Waals surface area contributed by atoms with Crippen molar-refractivity contribution in [3.8, 4) is 0 Å². The van der Waals surface area contributed by atoms with Crippen LogP contribution in [-0.2, 0) is 7.05 Å². The maximum absolute atomic E-state index is 12.0. The van der Waals surface area contributed by atoms with Gasteiger partial charge in [0.15, 0.2) is 0 Å². The number of hydrogen-bond acceptors (Lipinski definition) is 5. The minimum atomic E-state index is -0.743. The van der Waals surface area contributed by atoms with E-state index in [-0.39, 0.29) is 10.7 Å². The predicted molar refractivity (Wildman–Crippen MR) is 67.1 cm³/mol. The minimum absolute atomic E-state index is 0.158. The van der Waals surface area contributed by atoms with Gasteiger partial charge in [0, 0.05) is 19.4 Å².